The summed E-state index contributed by atoms with van der Waals surface area (Å²) < 4.78 is 0. The fourth-order valence-electron chi connectivity index (χ4n) is 1.71. The predicted molar refractivity (Wildman–Crippen MR) is 93.2 cm³/mol. The number of rotatable bonds is 12. The van der Waals surface area contributed by atoms with Gasteiger partial charge in [-0.15, -0.1) is 0 Å². The molecule has 4 atom stereocenters. The molecule has 0 bridgehead atoms. The highest BCUT2D eigenvalue weighted by Gasteiger charge is 2.29. The van der Waals surface area contributed by atoms with E-state index in [1.54, 1.807) is 0 Å². The Kier molecular flexibility index (Phi) is 11.0. The van der Waals surface area contributed by atoms with Crippen LogP contribution in [0.2, 0.25) is 0 Å². The Morgan fingerprint density at radius 2 is 1.30 bits per heavy atom. The summed E-state index contributed by atoms with van der Waals surface area (Å²) in [4.78, 5) is 57.4. The van der Waals surface area contributed by atoms with Gasteiger partial charge in [-0.2, -0.15) is 12.6 Å². The molecule has 13 nitrogen and oxygen atoms in total. The number of carboxylic acids is 1. The highest BCUT2D eigenvalue weighted by molar-refractivity contribution is 7.80. The molecule has 0 radical (unpaired) electrons. The Bertz CT molecular complexity index is 575. The summed E-state index contributed by atoms with van der Waals surface area (Å²) in [5.41, 5.74) is 10.4. The van der Waals surface area contributed by atoms with Gasteiger partial charge in [0.05, 0.1) is 25.7 Å². The molecule has 0 aliphatic heterocycles. The highest BCUT2D eigenvalue weighted by atomic mass is 32.1. The smallest absolute Gasteiger partial charge is 0.328 e. The van der Waals surface area contributed by atoms with E-state index >= 15 is 0 Å². The lowest BCUT2D eigenvalue weighted by Gasteiger charge is -2.23. The number of thiol groups is 1. The molecule has 14 heteroatoms. The maximum absolute atomic E-state index is 12.2. The monoisotopic (exact) mass is 409 g/mol. The molecule has 0 rings (SSSR count). The van der Waals surface area contributed by atoms with Gasteiger partial charge in [-0.3, -0.25) is 19.2 Å². The zero-order chi connectivity index (χ0) is 21.1. The molecule has 0 aromatic heterocycles. The first kappa shape index (κ1) is 24.6. The highest BCUT2D eigenvalue weighted by Crippen LogP contribution is 1.96. The van der Waals surface area contributed by atoms with Gasteiger partial charge < -0.3 is 42.7 Å². The zero-order valence-electron chi connectivity index (χ0n) is 14.1. The molecular weight excluding hydrogens is 386 g/mol. The first-order valence-corrected chi connectivity index (χ1v) is 8.20. The topological polar surface area (TPSA) is 234 Å². The zero-order valence-corrected chi connectivity index (χ0v) is 15.0. The number of amides is 4. The molecule has 154 valence electrons. The molecule has 0 saturated carbocycles. The number of hydrogen-bond donors (Lipinski definition) is 9. The van der Waals surface area contributed by atoms with E-state index in [1.165, 1.54) is 0 Å². The molecule has 27 heavy (non-hydrogen) atoms. The van der Waals surface area contributed by atoms with Crippen molar-refractivity contribution in [2.75, 3.05) is 19.0 Å². The number of carbonyl (C=O) groups excluding carboxylic acids is 4. The maximum atomic E-state index is 12.2. The Labute approximate surface area is 159 Å². The van der Waals surface area contributed by atoms with Crippen LogP contribution < -0.4 is 27.4 Å². The fraction of sp³-hybridized carbons (Fsp3) is 0.615. The Hall–Kier alpha value is -2.42. The number of aliphatic hydroxyl groups is 2. The minimum Gasteiger partial charge on any atom is -0.480 e. The molecule has 0 aromatic carbocycles. The Morgan fingerprint density at radius 3 is 1.70 bits per heavy atom. The lowest BCUT2D eigenvalue weighted by atomic mass is 10.1. The van der Waals surface area contributed by atoms with Crippen LogP contribution in [0.1, 0.15) is 6.42 Å². The van der Waals surface area contributed by atoms with Crippen molar-refractivity contribution in [1.82, 2.24) is 16.0 Å². The van der Waals surface area contributed by atoms with Crippen LogP contribution in [-0.2, 0) is 24.0 Å². The SMILES string of the molecule is NC(=O)CC(N)C(=O)NC(CS)C(=O)NC(CO)C(=O)NC(CO)C(=O)O. The summed E-state index contributed by atoms with van der Waals surface area (Å²) >= 11 is 3.89. The van der Waals surface area contributed by atoms with Gasteiger partial charge >= 0.3 is 5.97 Å². The number of aliphatic hydroxyl groups excluding tert-OH is 2. The standard InChI is InChI=1S/C13H23N5O8S/c14-5(1-9(15)21)10(22)18-8(4-27)12(24)16-6(2-19)11(23)17-7(3-20)13(25)26/h5-8,19-20,27H,1-4,14H2,(H2,15,21)(H,16,24)(H,17,23)(H,18,22)(H,25,26). The van der Waals surface area contributed by atoms with E-state index in [4.69, 9.17) is 21.7 Å². The molecule has 0 aromatic rings. The van der Waals surface area contributed by atoms with Gasteiger partial charge in [0.1, 0.15) is 18.1 Å². The van der Waals surface area contributed by atoms with Crippen LogP contribution in [0.15, 0.2) is 0 Å². The molecule has 0 spiro atoms. The van der Waals surface area contributed by atoms with E-state index in [2.05, 4.69) is 23.3 Å². The third-order valence-electron chi connectivity index (χ3n) is 3.19. The lowest BCUT2D eigenvalue weighted by molar-refractivity contribution is -0.143. The summed E-state index contributed by atoms with van der Waals surface area (Å²) in [5.74, 6) is -5.40. The van der Waals surface area contributed by atoms with Gasteiger partial charge in [0.25, 0.3) is 0 Å². The molecule has 0 aliphatic carbocycles. The summed E-state index contributed by atoms with van der Waals surface area (Å²) in [6.45, 7) is -1.79. The van der Waals surface area contributed by atoms with Crippen LogP contribution in [0, 0.1) is 0 Å². The number of carbonyl (C=O) groups is 5. The van der Waals surface area contributed by atoms with Gasteiger partial charge in [-0.05, 0) is 0 Å². The van der Waals surface area contributed by atoms with Gasteiger partial charge in [-0.25, -0.2) is 4.79 Å². The van der Waals surface area contributed by atoms with E-state index < -0.39 is 73.4 Å². The summed E-state index contributed by atoms with van der Waals surface area (Å²) in [5, 5.41) is 33.1. The molecule has 4 amide bonds. The third kappa shape index (κ3) is 8.67. The van der Waals surface area contributed by atoms with Crippen LogP contribution in [0.3, 0.4) is 0 Å². The first-order chi connectivity index (χ1) is 12.6. The summed E-state index contributed by atoms with van der Waals surface area (Å²) in [6, 6.07) is -5.75. The van der Waals surface area contributed by atoms with Crippen molar-refractivity contribution in [3.8, 4) is 0 Å². The Balaban J connectivity index is 4.91. The lowest BCUT2D eigenvalue weighted by Crippen LogP contribution is -2.59. The van der Waals surface area contributed by atoms with Gasteiger partial charge in [0, 0.05) is 5.75 Å². The maximum Gasteiger partial charge on any atom is 0.328 e. The third-order valence-corrected chi connectivity index (χ3v) is 3.55. The normalized spacial score (nSPS) is 15.0. The second-order valence-electron chi connectivity index (χ2n) is 5.35. The number of aliphatic carboxylic acids is 1. The molecule has 0 aliphatic rings. The van der Waals surface area contributed by atoms with E-state index in [1.807, 2.05) is 5.32 Å². The molecule has 0 fully saturated rings. The average molecular weight is 409 g/mol. The van der Waals surface area contributed by atoms with Crippen LogP contribution in [-0.4, -0.2) is 88.1 Å². The van der Waals surface area contributed by atoms with Crippen molar-refractivity contribution in [3.05, 3.63) is 0 Å². The van der Waals surface area contributed by atoms with Gasteiger partial charge in [-0.1, -0.05) is 0 Å². The molecule has 0 heterocycles. The van der Waals surface area contributed by atoms with E-state index in [0.29, 0.717) is 0 Å². The predicted octanol–water partition coefficient (Wildman–Crippen LogP) is -5.36. The molecule has 0 saturated heterocycles. The van der Waals surface area contributed by atoms with E-state index in [-0.39, 0.29) is 5.75 Å². The second kappa shape index (κ2) is 12.1. The number of nitrogens with two attached hydrogens (primary N) is 2. The Morgan fingerprint density at radius 1 is 0.852 bits per heavy atom. The molecule has 4 unspecified atom stereocenters. The van der Waals surface area contributed by atoms with Gasteiger partial charge in [0.15, 0.2) is 0 Å². The second-order valence-corrected chi connectivity index (χ2v) is 5.71. The fourth-order valence-corrected chi connectivity index (χ4v) is 1.96. The van der Waals surface area contributed by atoms with E-state index in [0.717, 1.165) is 0 Å². The van der Waals surface area contributed by atoms with Crippen molar-refractivity contribution in [2.24, 2.45) is 11.5 Å². The van der Waals surface area contributed by atoms with Crippen LogP contribution in [0.5, 0.6) is 0 Å². The van der Waals surface area contributed by atoms with Crippen molar-refractivity contribution in [2.45, 2.75) is 30.6 Å². The van der Waals surface area contributed by atoms with E-state index in [9.17, 15) is 29.1 Å². The number of primary amides is 1. The minimum absolute atomic E-state index is 0.213. The van der Waals surface area contributed by atoms with Crippen LogP contribution in [0.25, 0.3) is 0 Å². The van der Waals surface area contributed by atoms with Crippen molar-refractivity contribution in [1.29, 1.82) is 0 Å². The van der Waals surface area contributed by atoms with Crippen LogP contribution in [0.4, 0.5) is 0 Å². The average Bonchev–Trinajstić information content (AvgIpc) is 2.60. The minimum atomic E-state index is -1.63. The van der Waals surface area contributed by atoms with Crippen molar-refractivity contribution < 1.29 is 39.3 Å². The molecule has 10 N–H and O–H groups in total. The molecular formula is C13H23N5O8S. The number of nitrogens with one attached hydrogen (secondary N) is 3. The first-order valence-electron chi connectivity index (χ1n) is 7.57. The number of carboxylic acid groups (broad SMARTS) is 1. The summed E-state index contributed by atoms with van der Waals surface area (Å²) in [7, 11) is 0. The van der Waals surface area contributed by atoms with Crippen LogP contribution >= 0.6 is 12.6 Å². The van der Waals surface area contributed by atoms with Crippen molar-refractivity contribution >= 4 is 42.2 Å². The van der Waals surface area contributed by atoms with Crippen molar-refractivity contribution in [3.63, 3.8) is 0 Å². The quantitative estimate of drug-likeness (QED) is 0.140. The largest absolute Gasteiger partial charge is 0.480 e. The number of hydrogen-bond acceptors (Lipinski definition) is 9. The summed E-state index contributed by atoms with van der Waals surface area (Å²) in [6.07, 6.45) is -0.452. The van der Waals surface area contributed by atoms with Gasteiger partial charge in [0.2, 0.25) is 23.6 Å².